The van der Waals surface area contributed by atoms with Crippen molar-refractivity contribution in [3.05, 3.63) is 60.2 Å². The molecule has 0 saturated carbocycles. The predicted octanol–water partition coefficient (Wildman–Crippen LogP) is 3.50. The third-order valence-corrected chi connectivity index (χ3v) is 4.01. The van der Waals surface area contributed by atoms with Gasteiger partial charge in [-0.05, 0) is 29.5 Å². The molecule has 2 aromatic rings. The number of hydrogen-bond donors (Lipinski definition) is 2. The zero-order valence-corrected chi connectivity index (χ0v) is 15.1. The molecule has 5 nitrogen and oxygen atoms in total. The Labute approximate surface area is 154 Å². The van der Waals surface area contributed by atoms with Crippen LogP contribution in [0.2, 0.25) is 0 Å². The number of carbonyl (C=O) groups is 2. The molecule has 0 fully saturated rings. The van der Waals surface area contributed by atoms with Crippen LogP contribution >= 0.6 is 0 Å². The molecule has 0 unspecified atom stereocenters. The van der Waals surface area contributed by atoms with Gasteiger partial charge in [0, 0.05) is 19.9 Å². The van der Waals surface area contributed by atoms with E-state index in [1.807, 2.05) is 42.5 Å². The Hall–Kier alpha value is -2.95. The smallest absolute Gasteiger partial charge is 0.240 e. The number of hydrazone groups is 1. The number of amides is 2. The summed E-state index contributed by atoms with van der Waals surface area (Å²) in [6, 6.07) is 18.2. The van der Waals surface area contributed by atoms with Crippen molar-refractivity contribution >= 4 is 18.0 Å². The standard InChI is InChI=1S/C21H25N3O2/c1-22-20(25)10-6-3-7-11-21(26)24-23-16-17-12-14-19(15-13-17)18-8-4-2-5-9-18/h2,4-5,8-9,12-16H,3,6-7,10-11H2,1H3,(H,22,25)(H,24,26)/b23-16-. The molecule has 136 valence electrons. The first kappa shape index (κ1) is 19.4. The Bertz CT molecular complexity index is 725. The average Bonchev–Trinajstić information content (AvgIpc) is 2.68. The normalized spacial score (nSPS) is 10.7. The summed E-state index contributed by atoms with van der Waals surface area (Å²) in [5.74, 6) is -0.0700. The minimum Gasteiger partial charge on any atom is -0.359 e. The third-order valence-electron chi connectivity index (χ3n) is 4.01. The highest BCUT2D eigenvalue weighted by Gasteiger charge is 2.01. The lowest BCUT2D eigenvalue weighted by molar-refractivity contribution is -0.121. The van der Waals surface area contributed by atoms with Crippen molar-refractivity contribution < 1.29 is 9.59 Å². The van der Waals surface area contributed by atoms with E-state index >= 15 is 0 Å². The van der Waals surface area contributed by atoms with Crippen molar-refractivity contribution in [3.63, 3.8) is 0 Å². The lowest BCUT2D eigenvalue weighted by atomic mass is 10.0. The Morgan fingerprint density at radius 3 is 2.12 bits per heavy atom. The van der Waals surface area contributed by atoms with Gasteiger partial charge in [0.05, 0.1) is 6.21 Å². The summed E-state index contributed by atoms with van der Waals surface area (Å²) in [6.07, 6.45) is 4.96. The van der Waals surface area contributed by atoms with Crippen molar-refractivity contribution in [2.24, 2.45) is 5.10 Å². The van der Waals surface area contributed by atoms with E-state index in [0.717, 1.165) is 30.4 Å². The van der Waals surface area contributed by atoms with E-state index in [-0.39, 0.29) is 11.8 Å². The summed E-state index contributed by atoms with van der Waals surface area (Å²) in [5, 5.41) is 6.58. The van der Waals surface area contributed by atoms with Crippen LogP contribution in [0.15, 0.2) is 59.7 Å². The zero-order chi connectivity index (χ0) is 18.6. The fraction of sp³-hybridized carbons (Fsp3) is 0.286. The monoisotopic (exact) mass is 351 g/mol. The summed E-state index contributed by atoms with van der Waals surface area (Å²) in [7, 11) is 1.63. The Morgan fingerprint density at radius 2 is 1.46 bits per heavy atom. The Balaban J connectivity index is 1.69. The molecule has 0 spiro atoms. The van der Waals surface area contributed by atoms with Gasteiger partial charge in [0.2, 0.25) is 11.8 Å². The van der Waals surface area contributed by atoms with Crippen LogP contribution in [0.1, 0.15) is 37.7 Å². The number of rotatable bonds is 9. The first-order valence-electron chi connectivity index (χ1n) is 8.87. The van der Waals surface area contributed by atoms with Crippen molar-refractivity contribution in [1.29, 1.82) is 0 Å². The average molecular weight is 351 g/mol. The fourth-order valence-corrected chi connectivity index (χ4v) is 2.50. The fourth-order valence-electron chi connectivity index (χ4n) is 2.50. The van der Waals surface area contributed by atoms with Crippen molar-refractivity contribution in [2.45, 2.75) is 32.1 Å². The Kier molecular flexibility index (Phi) is 8.06. The van der Waals surface area contributed by atoms with Crippen LogP contribution in [0, 0.1) is 0 Å². The van der Waals surface area contributed by atoms with Gasteiger partial charge in [-0.3, -0.25) is 9.59 Å². The van der Waals surface area contributed by atoms with E-state index < -0.39 is 0 Å². The summed E-state index contributed by atoms with van der Waals surface area (Å²) in [4.78, 5) is 22.8. The lowest BCUT2D eigenvalue weighted by Gasteiger charge is -2.02. The van der Waals surface area contributed by atoms with Crippen LogP contribution in [-0.4, -0.2) is 25.1 Å². The van der Waals surface area contributed by atoms with Crippen LogP contribution in [-0.2, 0) is 9.59 Å². The Morgan fingerprint density at radius 1 is 0.846 bits per heavy atom. The van der Waals surface area contributed by atoms with E-state index in [1.54, 1.807) is 13.3 Å². The van der Waals surface area contributed by atoms with Gasteiger partial charge in [-0.15, -0.1) is 0 Å². The van der Waals surface area contributed by atoms with E-state index in [2.05, 4.69) is 28.0 Å². The van der Waals surface area contributed by atoms with Gasteiger partial charge in [-0.1, -0.05) is 61.0 Å². The van der Waals surface area contributed by atoms with E-state index in [0.29, 0.717) is 12.8 Å². The number of nitrogens with one attached hydrogen (secondary N) is 2. The van der Waals surface area contributed by atoms with E-state index in [4.69, 9.17) is 0 Å². The zero-order valence-electron chi connectivity index (χ0n) is 15.1. The molecule has 0 aromatic heterocycles. The highest BCUT2D eigenvalue weighted by molar-refractivity contribution is 5.83. The highest BCUT2D eigenvalue weighted by Crippen LogP contribution is 2.18. The van der Waals surface area contributed by atoms with Gasteiger partial charge in [-0.25, -0.2) is 5.43 Å². The molecule has 5 heteroatoms. The minimum absolute atomic E-state index is 0.0392. The molecule has 2 N–H and O–H groups in total. The quantitative estimate of drug-likeness (QED) is 0.412. The summed E-state index contributed by atoms with van der Waals surface area (Å²) in [5.41, 5.74) is 5.78. The molecule has 0 aliphatic heterocycles. The molecule has 2 amide bonds. The van der Waals surface area contributed by atoms with Crippen LogP contribution in [0.3, 0.4) is 0 Å². The second-order valence-corrected chi connectivity index (χ2v) is 6.02. The third kappa shape index (κ3) is 6.89. The van der Waals surface area contributed by atoms with E-state index in [9.17, 15) is 9.59 Å². The number of benzene rings is 2. The molecular weight excluding hydrogens is 326 g/mol. The molecule has 26 heavy (non-hydrogen) atoms. The highest BCUT2D eigenvalue weighted by atomic mass is 16.2. The number of carbonyl (C=O) groups excluding carboxylic acids is 2. The summed E-state index contributed by atoms with van der Waals surface area (Å²) >= 11 is 0. The number of nitrogens with zero attached hydrogens (tertiary/aromatic N) is 1. The van der Waals surface area contributed by atoms with Crippen molar-refractivity contribution in [1.82, 2.24) is 10.7 Å². The minimum atomic E-state index is -0.109. The van der Waals surface area contributed by atoms with Crippen LogP contribution in [0.4, 0.5) is 0 Å². The molecular formula is C21H25N3O2. The van der Waals surface area contributed by atoms with Crippen LogP contribution in [0.5, 0.6) is 0 Å². The maximum absolute atomic E-state index is 11.7. The molecule has 0 saturated heterocycles. The van der Waals surface area contributed by atoms with Gasteiger partial charge < -0.3 is 5.32 Å². The molecule has 2 aromatic carbocycles. The maximum Gasteiger partial charge on any atom is 0.240 e. The van der Waals surface area contributed by atoms with Gasteiger partial charge in [-0.2, -0.15) is 5.10 Å². The van der Waals surface area contributed by atoms with E-state index in [1.165, 1.54) is 5.56 Å². The molecule has 2 rings (SSSR count). The van der Waals surface area contributed by atoms with Crippen LogP contribution < -0.4 is 10.7 Å². The second-order valence-electron chi connectivity index (χ2n) is 6.02. The second kappa shape index (κ2) is 10.8. The SMILES string of the molecule is CNC(=O)CCCCCC(=O)N/N=C\c1ccc(-c2ccccc2)cc1. The van der Waals surface area contributed by atoms with Crippen LogP contribution in [0.25, 0.3) is 11.1 Å². The van der Waals surface area contributed by atoms with Crippen molar-refractivity contribution in [3.8, 4) is 11.1 Å². The topological polar surface area (TPSA) is 70.6 Å². The summed E-state index contributed by atoms with van der Waals surface area (Å²) in [6.45, 7) is 0. The number of unbranched alkanes of at least 4 members (excludes halogenated alkanes) is 2. The first-order valence-corrected chi connectivity index (χ1v) is 8.87. The van der Waals surface area contributed by atoms with Gasteiger partial charge in [0.1, 0.15) is 0 Å². The summed E-state index contributed by atoms with van der Waals surface area (Å²) < 4.78 is 0. The predicted molar refractivity (Wildman–Crippen MR) is 105 cm³/mol. The van der Waals surface area contributed by atoms with Gasteiger partial charge in [0.25, 0.3) is 0 Å². The molecule has 0 heterocycles. The molecule has 0 bridgehead atoms. The largest absolute Gasteiger partial charge is 0.359 e. The van der Waals surface area contributed by atoms with Crippen molar-refractivity contribution in [2.75, 3.05) is 7.05 Å². The lowest BCUT2D eigenvalue weighted by Crippen LogP contribution is -2.18. The number of hydrogen-bond acceptors (Lipinski definition) is 3. The molecule has 0 atom stereocenters. The first-order chi connectivity index (χ1) is 12.7. The van der Waals surface area contributed by atoms with Gasteiger partial charge in [0.15, 0.2) is 0 Å². The molecule has 0 aliphatic carbocycles. The molecule has 0 aliphatic rings. The molecule has 0 radical (unpaired) electrons. The van der Waals surface area contributed by atoms with Gasteiger partial charge >= 0.3 is 0 Å². The maximum atomic E-state index is 11.7.